The molecule has 23 heavy (non-hydrogen) atoms. The van der Waals surface area contributed by atoms with Gasteiger partial charge in [-0.1, -0.05) is 24.3 Å². The molecule has 3 rings (SSSR count). The van der Waals surface area contributed by atoms with Gasteiger partial charge in [-0.25, -0.2) is 0 Å². The zero-order valence-corrected chi connectivity index (χ0v) is 13.4. The van der Waals surface area contributed by atoms with Crippen molar-refractivity contribution < 1.29 is 14.2 Å². The summed E-state index contributed by atoms with van der Waals surface area (Å²) in [5.74, 6) is 2.42. The summed E-state index contributed by atoms with van der Waals surface area (Å²) in [7, 11) is 0. The fraction of sp³-hybridized carbons (Fsp3) is 0.235. The molecule has 0 spiro atoms. The number of nitrogens with one attached hydrogen (secondary N) is 2. The van der Waals surface area contributed by atoms with E-state index in [1.807, 2.05) is 48.5 Å². The van der Waals surface area contributed by atoms with Crippen LogP contribution in [0.3, 0.4) is 0 Å². The van der Waals surface area contributed by atoms with Crippen LogP contribution in [0, 0.1) is 0 Å². The molecule has 0 aromatic heterocycles. The van der Waals surface area contributed by atoms with Gasteiger partial charge in [0.2, 0.25) is 6.79 Å². The minimum atomic E-state index is 0.285. The number of benzene rings is 2. The van der Waals surface area contributed by atoms with E-state index in [2.05, 4.69) is 10.6 Å². The number of rotatable bonds is 6. The van der Waals surface area contributed by atoms with Crippen molar-refractivity contribution in [2.24, 2.45) is 0 Å². The second kappa shape index (κ2) is 7.69. The van der Waals surface area contributed by atoms with Crippen LogP contribution in [0.15, 0.2) is 48.5 Å². The fourth-order valence-corrected chi connectivity index (χ4v) is 2.32. The molecule has 0 bridgehead atoms. The summed E-state index contributed by atoms with van der Waals surface area (Å²) in [4.78, 5) is 0. The Morgan fingerprint density at radius 3 is 2.74 bits per heavy atom. The lowest BCUT2D eigenvalue weighted by Crippen LogP contribution is -2.37. The second-order valence-corrected chi connectivity index (χ2v) is 5.37. The van der Waals surface area contributed by atoms with Crippen LogP contribution in [0.5, 0.6) is 17.2 Å². The standard InChI is InChI=1S/C17H18N2O3S/c23-17(18-8-9-20-14-4-2-1-3-5-14)19-11-13-6-7-15-16(10-13)22-12-21-15/h1-7,10H,8-9,11-12H2,(H2,18,19,23). The van der Waals surface area contributed by atoms with E-state index in [1.54, 1.807) is 0 Å². The highest BCUT2D eigenvalue weighted by Gasteiger charge is 2.12. The van der Waals surface area contributed by atoms with Crippen LogP contribution in [-0.4, -0.2) is 25.1 Å². The quantitative estimate of drug-likeness (QED) is 0.627. The van der Waals surface area contributed by atoms with Crippen molar-refractivity contribution in [1.29, 1.82) is 0 Å². The fourth-order valence-electron chi connectivity index (χ4n) is 2.15. The van der Waals surface area contributed by atoms with E-state index in [1.165, 1.54) is 0 Å². The van der Waals surface area contributed by atoms with Crippen LogP contribution in [0.25, 0.3) is 0 Å². The normalized spacial score (nSPS) is 11.8. The number of para-hydroxylation sites is 1. The molecule has 0 saturated heterocycles. The maximum absolute atomic E-state index is 5.59. The van der Waals surface area contributed by atoms with Gasteiger partial charge in [-0.3, -0.25) is 0 Å². The molecule has 1 heterocycles. The van der Waals surface area contributed by atoms with Gasteiger partial charge in [0.15, 0.2) is 16.6 Å². The number of hydrogen-bond donors (Lipinski definition) is 2. The summed E-state index contributed by atoms with van der Waals surface area (Å²) in [5.41, 5.74) is 1.08. The Hall–Kier alpha value is -2.47. The van der Waals surface area contributed by atoms with Gasteiger partial charge in [0.05, 0.1) is 6.54 Å². The molecule has 2 N–H and O–H groups in total. The Kier molecular flexibility index (Phi) is 5.16. The van der Waals surface area contributed by atoms with E-state index in [0.717, 1.165) is 22.8 Å². The molecule has 0 atom stereocenters. The smallest absolute Gasteiger partial charge is 0.231 e. The van der Waals surface area contributed by atoms with E-state index in [0.29, 0.717) is 24.8 Å². The van der Waals surface area contributed by atoms with Crippen LogP contribution in [0.4, 0.5) is 0 Å². The Balaban J connectivity index is 1.35. The molecular weight excluding hydrogens is 312 g/mol. The highest BCUT2D eigenvalue weighted by Crippen LogP contribution is 2.32. The molecule has 1 aliphatic heterocycles. The molecule has 6 heteroatoms. The summed E-state index contributed by atoms with van der Waals surface area (Å²) in [6.07, 6.45) is 0. The molecule has 0 unspecified atom stereocenters. The molecular formula is C17H18N2O3S. The highest BCUT2D eigenvalue weighted by molar-refractivity contribution is 7.80. The zero-order valence-electron chi connectivity index (χ0n) is 12.6. The Bertz CT molecular complexity index is 664. The molecule has 1 aliphatic rings. The largest absolute Gasteiger partial charge is 0.492 e. The summed E-state index contributed by atoms with van der Waals surface area (Å²) in [5, 5.41) is 6.87. The summed E-state index contributed by atoms with van der Waals surface area (Å²) in [6, 6.07) is 15.6. The minimum Gasteiger partial charge on any atom is -0.492 e. The van der Waals surface area contributed by atoms with Gasteiger partial charge in [0.25, 0.3) is 0 Å². The predicted octanol–water partition coefficient (Wildman–Crippen LogP) is 2.46. The molecule has 0 aliphatic carbocycles. The van der Waals surface area contributed by atoms with E-state index < -0.39 is 0 Å². The highest BCUT2D eigenvalue weighted by atomic mass is 32.1. The predicted molar refractivity (Wildman–Crippen MR) is 91.9 cm³/mol. The monoisotopic (exact) mass is 330 g/mol. The second-order valence-electron chi connectivity index (χ2n) is 4.96. The van der Waals surface area contributed by atoms with E-state index >= 15 is 0 Å². The molecule has 120 valence electrons. The molecule has 0 amide bonds. The maximum Gasteiger partial charge on any atom is 0.231 e. The van der Waals surface area contributed by atoms with Gasteiger partial charge >= 0.3 is 0 Å². The number of fused-ring (bicyclic) bond motifs is 1. The lowest BCUT2D eigenvalue weighted by atomic mass is 10.2. The van der Waals surface area contributed by atoms with E-state index in [-0.39, 0.29) is 6.79 Å². The molecule has 2 aromatic rings. The molecule has 0 saturated carbocycles. The lowest BCUT2D eigenvalue weighted by Gasteiger charge is -2.11. The van der Waals surface area contributed by atoms with Gasteiger partial charge in [-0.2, -0.15) is 0 Å². The van der Waals surface area contributed by atoms with Crippen LogP contribution >= 0.6 is 12.2 Å². The third-order valence-electron chi connectivity index (χ3n) is 3.29. The Morgan fingerprint density at radius 2 is 1.87 bits per heavy atom. The Morgan fingerprint density at radius 1 is 1.04 bits per heavy atom. The third kappa shape index (κ3) is 4.50. The van der Waals surface area contributed by atoms with Crippen LogP contribution < -0.4 is 24.8 Å². The van der Waals surface area contributed by atoms with Crippen molar-refractivity contribution in [3.63, 3.8) is 0 Å². The van der Waals surface area contributed by atoms with Gasteiger partial charge in [-0.15, -0.1) is 0 Å². The lowest BCUT2D eigenvalue weighted by molar-refractivity contribution is 0.174. The third-order valence-corrected chi connectivity index (χ3v) is 3.58. The van der Waals surface area contributed by atoms with Crippen LogP contribution in [0.1, 0.15) is 5.56 Å². The molecule has 0 fully saturated rings. The van der Waals surface area contributed by atoms with Crippen molar-refractivity contribution in [3.8, 4) is 17.2 Å². The summed E-state index contributed by atoms with van der Waals surface area (Å²) >= 11 is 5.25. The van der Waals surface area contributed by atoms with E-state index in [4.69, 9.17) is 26.4 Å². The molecule has 2 aromatic carbocycles. The van der Waals surface area contributed by atoms with Gasteiger partial charge < -0.3 is 24.8 Å². The van der Waals surface area contributed by atoms with Crippen molar-refractivity contribution in [2.45, 2.75) is 6.54 Å². The van der Waals surface area contributed by atoms with Crippen LogP contribution in [-0.2, 0) is 6.54 Å². The van der Waals surface area contributed by atoms with Gasteiger partial charge in [-0.05, 0) is 42.0 Å². The first-order valence-corrected chi connectivity index (χ1v) is 7.80. The van der Waals surface area contributed by atoms with Gasteiger partial charge in [0.1, 0.15) is 12.4 Å². The Labute approximate surface area is 140 Å². The summed E-state index contributed by atoms with van der Waals surface area (Å²) < 4.78 is 16.2. The number of ether oxygens (including phenoxy) is 3. The zero-order chi connectivity index (χ0) is 15.9. The first-order valence-electron chi connectivity index (χ1n) is 7.39. The SMILES string of the molecule is S=C(NCCOc1ccccc1)NCc1ccc2c(c1)OCO2. The minimum absolute atomic E-state index is 0.285. The first kappa shape index (κ1) is 15.4. The first-order chi connectivity index (χ1) is 11.3. The number of hydrogen-bond acceptors (Lipinski definition) is 4. The topological polar surface area (TPSA) is 51.8 Å². The van der Waals surface area contributed by atoms with Crippen molar-refractivity contribution in [1.82, 2.24) is 10.6 Å². The maximum atomic E-state index is 5.59. The van der Waals surface area contributed by atoms with Gasteiger partial charge in [0, 0.05) is 6.54 Å². The average molecular weight is 330 g/mol. The van der Waals surface area contributed by atoms with Crippen molar-refractivity contribution in [3.05, 3.63) is 54.1 Å². The average Bonchev–Trinajstić information content (AvgIpc) is 3.05. The molecule has 5 nitrogen and oxygen atoms in total. The van der Waals surface area contributed by atoms with Crippen molar-refractivity contribution in [2.75, 3.05) is 19.9 Å². The number of thiocarbonyl (C=S) groups is 1. The summed E-state index contributed by atoms with van der Waals surface area (Å²) in [6.45, 7) is 2.10. The molecule has 0 radical (unpaired) electrons. The van der Waals surface area contributed by atoms with E-state index in [9.17, 15) is 0 Å². The van der Waals surface area contributed by atoms with Crippen molar-refractivity contribution >= 4 is 17.3 Å². The van der Waals surface area contributed by atoms with Crippen LogP contribution in [0.2, 0.25) is 0 Å².